The number of carbonyl (C=O) groups excluding carboxylic acids is 2. The molecule has 0 fully saturated rings. The number of Topliss-reactive ketones (excluding diaryl/α,β-unsaturated/α-hetero) is 2. The maximum Gasteiger partial charge on any atom is 0.265 e. The van der Waals surface area contributed by atoms with Crippen LogP contribution in [0.3, 0.4) is 0 Å². The number of aliphatic hydroxyl groups is 2. The van der Waals surface area contributed by atoms with Crippen molar-refractivity contribution >= 4 is 11.6 Å². The van der Waals surface area contributed by atoms with Gasteiger partial charge in [0.15, 0.2) is 17.1 Å². The van der Waals surface area contributed by atoms with E-state index < -0.39 is 46.6 Å². The third-order valence-corrected chi connectivity index (χ3v) is 9.27. The number of carbonyl (C=O) groups is 2. The number of nitrogens with one attached hydrogen (secondary N) is 1. The highest BCUT2D eigenvalue weighted by molar-refractivity contribution is 6.16. The van der Waals surface area contributed by atoms with Crippen molar-refractivity contribution in [1.29, 1.82) is 0 Å². The zero-order chi connectivity index (χ0) is 29.9. The van der Waals surface area contributed by atoms with E-state index in [0.29, 0.717) is 43.2 Å². The molecule has 1 aromatic carbocycles. The second-order valence-corrected chi connectivity index (χ2v) is 12.0. The lowest BCUT2D eigenvalue weighted by molar-refractivity contribution is -0.0559. The molecule has 3 aliphatic carbocycles. The molecule has 1 aromatic heterocycles. The smallest absolute Gasteiger partial charge is 0.265 e. The van der Waals surface area contributed by atoms with Crippen molar-refractivity contribution in [2.75, 3.05) is 27.3 Å². The first kappa shape index (κ1) is 28.8. The van der Waals surface area contributed by atoms with Crippen LogP contribution in [0.5, 0.6) is 11.6 Å². The van der Waals surface area contributed by atoms with E-state index >= 15 is 4.39 Å². The normalized spacial score (nSPS) is 26.1. The van der Waals surface area contributed by atoms with Crippen molar-refractivity contribution < 1.29 is 38.2 Å². The second-order valence-electron chi connectivity index (χ2n) is 12.0. The Labute approximate surface area is 243 Å². The topological polar surface area (TPSA) is 134 Å². The van der Waals surface area contributed by atoms with Crippen LogP contribution in [0.15, 0.2) is 15.9 Å². The van der Waals surface area contributed by atoms with Gasteiger partial charge in [0.05, 0.1) is 24.8 Å². The third kappa shape index (κ3) is 4.04. The Bertz CT molecular complexity index is 1480. The van der Waals surface area contributed by atoms with Gasteiger partial charge >= 0.3 is 0 Å². The molecule has 0 amide bonds. The highest BCUT2D eigenvalue weighted by Crippen LogP contribution is 2.57. The number of rotatable bonds is 9. The van der Waals surface area contributed by atoms with E-state index in [4.69, 9.17) is 14.0 Å². The lowest BCUT2D eigenvalue weighted by Crippen LogP contribution is -2.59. The molecule has 10 nitrogen and oxygen atoms in total. The number of ketones is 2. The van der Waals surface area contributed by atoms with Crippen LogP contribution in [0, 0.1) is 17.7 Å². The summed E-state index contributed by atoms with van der Waals surface area (Å²) in [4.78, 5) is 30.2. The minimum atomic E-state index is -2.42. The van der Waals surface area contributed by atoms with Gasteiger partial charge in [0, 0.05) is 41.3 Å². The van der Waals surface area contributed by atoms with E-state index in [-0.39, 0.29) is 46.7 Å². The number of hydrogen-bond acceptors (Lipinski definition) is 10. The first-order valence-electron chi connectivity index (χ1n) is 14.9. The molecule has 6 rings (SSSR count). The highest BCUT2D eigenvalue weighted by atomic mass is 19.1. The van der Waals surface area contributed by atoms with Gasteiger partial charge in [-0.15, -0.1) is 0 Å². The monoisotopic (exact) mass is 583 g/mol. The van der Waals surface area contributed by atoms with Crippen LogP contribution in [0.1, 0.15) is 95.2 Å². The number of ether oxygens (including phenoxy) is 2. The van der Waals surface area contributed by atoms with Crippen molar-refractivity contribution in [1.82, 2.24) is 15.4 Å². The van der Waals surface area contributed by atoms with Crippen LogP contribution in [0.2, 0.25) is 0 Å². The lowest BCUT2D eigenvalue weighted by Gasteiger charge is -2.49. The standard InChI is InChI=1S/C31H38FN3O7/c1-5-7-9-40-26-18-14-33-13-17(18)23(32)16-11-15-12-19-24(35(3)4)27-22(30(34-42-27)41-10-8-6-2)29(38)31(19,39)28(37)20(15)25(36)21(16)26/h15,19,24,33,37,39H,5-14H2,1-4H3/t15-,19-,24-,31-/m0/s1. The van der Waals surface area contributed by atoms with Crippen molar-refractivity contribution in [3.8, 4) is 11.6 Å². The lowest BCUT2D eigenvalue weighted by atomic mass is 9.58. The number of nitrogens with zero attached hydrogens (tertiary/aromatic N) is 2. The Morgan fingerprint density at radius 1 is 1.07 bits per heavy atom. The van der Waals surface area contributed by atoms with E-state index in [9.17, 15) is 19.8 Å². The molecule has 0 bridgehead atoms. The van der Waals surface area contributed by atoms with Crippen LogP contribution < -0.4 is 14.8 Å². The first-order valence-corrected chi connectivity index (χ1v) is 14.9. The Hall–Kier alpha value is -3.28. The van der Waals surface area contributed by atoms with Crippen LogP contribution in [-0.2, 0) is 19.5 Å². The summed E-state index contributed by atoms with van der Waals surface area (Å²) in [5, 5.41) is 31.1. The molecule has 0 saturated heterocycles. The fourth-order valence-electron chi connectivity index (χ4n) is 7.18. The molecule has 4 aliphatic rings. The zero-order valence-corrected chi connectivity index (χ0v) is 24.5. The number of benzene rings is 1. The van der Waals surface area contributed by atoms with E-state index in [1.54, 1.807) is 19.0 Å². The number of hydrogen-bond donors (Lipinski definition) is 3. The van der Waals surface area contributed by atoms with E-state index in [1.165, 1.54) is 0 Å². The molecule has 2 aromatic rings. The molecule has 4 atom stereocenters. The fourth-order valence-corrected chi connectivity index (χ4v) is 7.18. The largest absolute Gasteiger partial charge is 0.508 e. The Morgan fingerprint density at radius 2 is 1.76 bits per heavy atom. The molecule has 0 saturated carbocycles. The van der Waals surface area contributed by atoms with Gasteiger partial charge in [-0.1, -0.05) is 26.7 Å². The second kappa shape index (κ2) is 10.8. The SMILES string of the molecule is CCCCOc1noc2c1C(=O)[C@@]1(O)C(O)=C3C(=O)c4c(c(F)c5c(c4OCCCC)CNC5)C[C@H]3C[C@H]1[C@@H]2N(C)C. The first-order chi connectivity index (χ1) is 20.2. The molecule has 0 spiro atoms. The van der Waals surface area contributed by atoms with Crippen molar-refractivity contribution in [3.05, 3.63) is 50.7 Å². The molecule has 0 radical (unpaired) electrons. The van der Waals surface area contributed by atoms with Gasteiger partial charge in [-0.25, -0.2) is 4.39 Å². The summed E-state index contributed by atoms with van der Waals surface area (Å²) in [6, 6.07) is -0.666. The molecule has 11 heteroatoms. The maximum atomic E-state index is 16.0. The number of aromatic nitrogens is 1. The minimum Gasteiger partial charge on any atom is -0.508 e. The molecular weight excluding hydrogens is 545 g/mol. The van der Waals surface area contributed by atoms with E-state index in [2.05, 4.69) is 10.5 Å². The summed E-state index contributed by atoms with van der Waals surface area (Å²) in [6.45, 7) is 5.37. The number of fused-ring (bicyclic) bond motifs is 5. The van der Waals surface area contributed by atoms with Gasteiger partial charge in [-0.3, -0.25) is 14.5 Å². The molecular formula is C31H38FN3O7. The third-order valence-electron chi connectivity index (χ3n) is 9.27. The molecule has 2 heterocycles. The zero-order valence-electron chi connectivity index (χ0n) is 24.5. The molecule has 42 heavy (non-hydrogen) atoms. The number of aliphatic hydroxyl groups excluding tert-OH is 1. The van der Waals surface area contributed by atoms with Gasteiger partial charge in [-0.05, 0) is 50.9 Å². The molecule has 3 N–H and O–H groups in total. The van der Waals surface area contributed by atoms with E-state index in [0.717, 1.165) is 25.7 Å². The molecule has 1 aliphatic heterocycles. The van der Waals surface area contributed by atoms with Crippen molar-refractivity contribution in [2.45, 2.75) is 77.1 Å². The average molecular weight is 584 g/mol. The van der Waals surface area contributed by atoms with Crippen LogP contribution in [0.25, 0.3) is 0 Å². The Morgan fingerprint density at radius 3 is 2.45 bits per heavy atom. The summed E-state index contributed by atoms with van der Waals surface area (Å²) in [5.41, 5.74) is -1.08. The highest BCUT2D eigenvalue weighted by Gasteiger charge is 2.64. The van der Waals surface area contributed by atoms with Crippen LogP contribution in [0.4, 0.5) is 4.39 Å². The summed E-state index contributed by atoms with van der Waals surface area (Å²) in [6.07, 6.45) is 3.49. The maximum absolute atomic E-state index is 16.0. The number of unbranched alkanes of at least 4 members (excludes halogenated alkanes) is 2. The minimum absolute atomic E-state index is 0.0312. The van der Waals surface area contributed by atoms with Gasteiger partial charge in [0.1, 0.15) is 22.9 Å². The predicted molar refractivity (Wildman–Crippen MR) is 149 cm³/mol. The number of allylic oxidation sites excluding steroid dienone is 1. The van der Waals surface area contributed by atoms with Gasteiger partial charge < -0.3 is 29.5 Å². The Kier molecular flexibility index (Phi) is 7.39. The summed E-state index contributed by atoms with van der Waals surface area (Å²) in [7, 11) is 3.55. The predicted octanol–water partition coefficient (Wildman–Crippen LogP) is 4.19. The van der Waals surface area contributed by atoms with Crippen molar-refractivity contribution in [2.24, 2.45) is 11.8 Å². The summed E-state index contributed by atoms with van der Waals surface area (Å²) in [5.74, 6) is -3.55. The van der Waals surface area contributed by atoms with E-state index in [1.807, 2.05) is 13.8 Å². The molecule has 0 unspecified atom stereocenters. The van der Waals surface area contributed by atoms with Gasteiger partial charge in [0.25, 0.3) is 5.88 Å². The average Bonchev–Trinajstić information content (AvgIpc) is 3.61. The van der Waals surface area contributed by atoms with Crippen LogP contribution in [-0.4, -0.2) is 64.7 Å². The van der Waals surface area contributed by atoms with Gasteiger partial charge in [-0.2, -0.15) is 0 Å². The van der Waals surface area contributed by atoms with Crippen molar-refractivity contribution in [3.63, 3.8) is 0 Å². The quantitative estimate of drug-likeness (QED) is 0.369. The van der Waals surface area contributed by atoms with Crippen LogP contribution >= 0.6 is 0 Å². The summed E-state index contributed by atoms with van der Waals surface area (Å²) >= 11 is 0. The molecule has 226 valence electrons. The summed E-state index contributed by atoms with van der Waals surface area (Å²) < 4.78 is 33.5. The Balaban J connectivity index is 1.50. The van der Waals surface area contributed by atoms with Gasteiger partial charge in [0.2, 0.25) is 5.78 Å². The fraction of sp³-hybridized carbons (Fsp3) is 0.581. The number of halogens is 1.